The van der Waals surface area contributed by atoms with E-state index < -0.39 is 0 Å². The zero-order valence-corrected chi connectivity index (χ0v) is 19.2. The van der Waals surface area contributed by atoms with Crippen LogP contribution in [0.4, 0.5) is 0 Å². The second kappa shape index (κ2) is 10.2. The molecular formula is C26H24ClN3O3. The van der Waals surface area contributed by atoms with Gasteiger partial charge in [-0.2, -0.15) is 5.10 Å². The number of nitrogens with zero attached hydrogens (tertiary/aromatic N) is 2. The van der Waals surface area contributed by atoms with Crippen molar-refractivity contribution in [3.63, 3.8) is 0 Å². The first-order chi connectivity index (χ1) is 16.1. The average molecular weight is 462 g/mol. The fraction of sp³-hybridized carbons (Fsp3) is 0.154. The molecule has 3 aromatic carbocycles. The largest absolute Gasteiger partial charge is 0.493 e. The lowest BCUT2D eigenvalue weighted by atomic mass is 9.98. The van der Waals surface area contributed by atoms with Crippen LogP contribution in [0.25, 0.3) is 11.1 Å². The van der Waals surface area contributed by atoms with Crippen molar-refractivity contribution in [1.29, 1.82) is 0 Å². The molecule has 6 nitrogen and oxygen atoms in total. The number of hydrogen-bond acceptors (Lipinski definition) is 4. The number of aromatic nitrogens is 2. The zero-order chi connectivity index (χ0) is 23.2. The van der Waals surface area contributed by atoms with Gasteiger partial charge in [-0.1, -0.05) is 60.1 Å². The smallest absolute Gasteiger partial charge is 0.251 e. The monoisotopic (exact) mass is 461 g/mol. The maximum absolute atomic E-state index is 12.8. The van der Waals surface area contributed by atoms with E-state index in [-0.39, 0.29) is 5.91 Å². The van der Waals surface area contributed by atoms with Crippen molar-refractivity contribution < 1.29 is 14.3 Å². The third-order valence-electron chi connectivity index (χ3n) is 5.32. The van der Waals surface area contributed by atoms with Crippen molar-refractivity contribution in [2.45, 2.75) is 13.1 Å². The Bertz CT molecular complexity index is 1240. The van der Waals surface area contributed by atoms with Gasteiger partial charge in [0.05, 0.1) is 25.8 Å². The lowest BCUT2D eigenvalue weighted by molar-refractivity contribution is 0.0950. The molecule has 0 bridgehead atoms. The van der Waals surface area contributed by atoms with Gasteiger partial charge in [-0.15, -0.1) is 0 Å². The van der Waals surface area contributed by atoms with E-state index in [0.29, 0.717) is 28.6 Å². The van der Waals surface area contributed by atoms with Gasteiger partial charge in [0.15, 0.2) is 11.5 Å². The summed E-state index contributed by atoms with van der Waals surface area (Å²) in [6.07, 6.45) is 3.71. The molecule has 0 unspecified atom stereocenters. The number of amides is 1. The first-order valence-electron chi connectivity index (χ1n) is 10.4. The second-order valence-electron chi connectivity index (χ2n) is 7.43. The Morgan fingerprint density at radius 2 is 1.82 bits per heavy atom. The quantitative estimate of drug-likeness (QED) is 0.391. The molecule has 0 atom stereocenters. The minimum atomic E-state index is -0.248. The molecule has 0 saturated carbocycles. The molecule has 7 heteroatoms. The molecule has 1 amide bonds. The van der Waals surface area contributed by atoms with Gasteiger partial charge >= 0.3 is 0 Å². The Morgan fingerprint density at radius 1 is 1.03 bits per heavy atom. The molecule has 0 aliphatic rings. The van der Waals surface area contributed by atoms with Gasteiger partial charge in [-0.05, 0) is 40.5 Å². The van der Waals surface area contributed by atoms with Crippen molar-refractivity contribution >= 4 is 17.5 Å². The summed E-state index contributed by atoms with van der Waals surface area (Å²) in [4.78, 5) is 12.8. The average Bonchev–Trinajstić information content (AvgIpc) is 3.35. The van der Waals surface area contributed by atoms with Crippen LogP contribution in [0, 0.1) is 0 Å². The highest BCUT2D eigenvalue weighted by Crippen LogP contribution is 2.36. The van der Waals surface area contributed by atoms with Crippen LogP contribution in [0.1, 0.15) is 21.5 Å². The number of hydrogen-bond donors (Lipinski definition) is 1. The molecule has 4 aromatic rings. The van der Waals surface area contributed by atoms with Crippen LogP contribution < -0.4 is 14.8 Å². The first-order valence-corrected chi connectivity index (χ1v) is 10.8. The Kier molecular flexibility index (Phi) is 6.95. The third kappa shape index (κ3) is 5.18. The number of halogens is 1. The number of ether oxygens (including phenoxy) is 2. The molecule has 0 saturated heterocycles. The molecule has 1 N–H and O–H groups in total. The van der Waals surface area contributed by atoms with E-state index in [1.165, 1.54) is 19.8 Å². The van der Waals surface area contributed by atoms with E-state index in [2.05, 4.69) is 40.7 Å². The van der Waals surface area contributed by atoms with E-state index in [4.69, 9.17) is 21.1 Å². The number of carbonyl (C=O) groups is 1. The highest BCUT2D eigenvalue weighted by atomic mass is 35.5. The number of benzene rings is 3. The van der Waals surface area contributed by atoms with Crippen LogP contribution in [0.15, 0.2) is 79.1 Å². The summed E-state index contributed by atoms with van der Waals surface area (Å²) in [6.45, 7) is 1.09. The fourth-order valence-electron chi connectivity index (χ4n) is 3.65. The summed E-state index contributed by atoms with van der Waals surface area (Å²) >= 11 is 6.25. The molecule has 0 spiro atoms. The summed E-state index contributed by atoms with van der Waals surface area (Å²) in [5.41, 5.74) is 4.72. The van der Waals surface area contributed by atoms with Gasteiger partial charge in [-0.3, -0.25) is 9.48 Å². The lowest BCUT2D eigenvalue weighted by Gasteiger charge is -2.14. The van der Waals surface area contributed by atoms with E-state index >= 15 is 0 Å². The maximum atomic E-state index is 12.8. The highest BCUT2D eigenvalue weighted by molar-refractivity contribution is 6.32. The molecular weight excluding hydrogens is 438 g/mol. The van der Waals surface area contributed by atoms with Crippen LogP contribution in [0.5, 0.6) is 11.5 Å². The Labute approximate surface area is 197 Å². The molecule has 1 heterocycles. The predicted octanol–water partition coefficient (Wildman–Crippen LogP) is 5.20. The second-order valence-corrected chi connectivity index (χ2v) is 7.84. The van der Waals surface area contributed by atoms with Crippen LogP contribution in [0.3, 0.4) is 0 Å². The topological polar surface area (TPSA) is 65.4 Å². The molecule has 0 fully saturated rings. The van der Waals surface area contributed by atoms with Gasteiger partial charge in [0.25, 0.3) is 5.91 Å². The van der Waals surface area contributed by atoms with Gasteiger partial charge in [0.2, 0.25) is 0 Å². The highest BCUT2D eigenvalue weighted by Gasteiger charge is 2.15. The minimum absolute atomic E-state index is 0.248. The van der Waals surface area contributed by atoms with Crippen molar-refractivity contribution in [3.8, 4) is 22.6 Å². The molecule has 168 valence electrons. The first kappa shape index (κ1) is 22.4. The fourth-order valence-corrected chi connectivity index (χ4v) is 3.94. The lowest BCUT2D eigenvalue weighted by Crippen LogP contribution is -2.23. The van der Waals surface area contributed by atoms with Gasteiger partial charge in [0.1, 0.15) is 0 Å². The molecule has 4 rings (SSSR count). The maximum Gasteiger partial charge on any atom is 0.251 e. The van der Waals surface area contributed by atoms with Crippen molar-refractivity contribution in [3.05, 3.63) is 101 Å². The molecule has 0 aliphatic carbocycles. The summed E-state index contributed by atoms with van der Waals surface area (Å²) in [5.74, 6) is 0.560. The molecule has 0 aliphatic heterocycles. The van der Waals surface area contributed by atoms with E-state index in [1.54, 1.807) is 18.3 Å². The summed E-state index contributed by atoms with van der Waals surface area (Å²) in [5, 5.41) is 7.55. The Balaban J connectivity index is 1.49. The van der Waals surface area contributed by atoms with Crippen LogP contribution in [-0.2, 0) is 13.1 Å². The number of rotatable bonds is 8. The summed E-state index contributed by atoms with van der Waals surface area (Å²) < 4.78 is 12.4. The molecule has 1 aromatic heterocycles. The van der Waals surface area contributed by atoms with E-state index in [1.807, 2.05) is 35.1 Å². The molecule has 0 radical (unpaired) electrons. The van der Waals surface area contributed by atoms with E-state index in [0.717, 1.165) is 23.2 Å². The van der Waals surface area contributed by atoms with Gasteiger partial charge < -0.3 is 14.8 Å². The van der Waals surface area contributed by atoms with Crippen LogP contribution in [0.2, 0.25) is 5.02 Å². The standard InChI is InChI=1S/C26H24ClN3O3/c1-32-24-15-21(14-23(27)25(24)33-2)26(31)28-16-20-6-3-4-7-22(20)19-10-8-18(9-11-19)17-30-13-5-12-29-30/h3-15H,16-17H2,1-2H3,(H,28,31). The van der Waals surface area contributed by atoms with Crippen molar-refractivity contribution in [2.24, 2.45) is 0 Å². The number of carbonyl (C=O) groups excluding carboxylic acids is 1. The van der Waals surface area contributed by atoms with Crippen LogP contribution in [-0.4, -0.2) is 29.9 Å². The predicted molar refractivity (Wildman–Crippen MR) is 129 cm³/mol. The SMILES string of the molecule is COc1cc(C(=O)NCc2ccccc2-c2ccc(Cn3cccn3)cc2)cc(Cl)c1OC. The van der Waals surface area contributed by atoms with Crippen molar-refractivity contribution in [2.75, 3.05) is 14.2 Å². The normalized spacial score (nSPS) is 10.6. The van der Waals surface area contributed by atoms with Crippen molar-refractivity contribution in [1.82, 2.24) is 15.1 Å². The van der Waals surface area contributed by atoms with E-state index in [9.17, 15) is 4.79 Å². The minimum Gasteiger partial charge on any atom is -0.493 e. The summed E-state index contributed by atoms with van der Waals surface area (Å²) in [6, 6.07) is 21.5. The van der Waals surface area contributed by atoms with Gasteiger partial charge in [0, 0.05) is 24.5 Å². The molecule has 33 heavy (non-hydrogen) atoms. The van der Waals surface area contributed by atoms with Crippen LogP contribution >= 0.6 is 11.6 Å². The Hall–Kier alpha value is -3.77. The third-order valence-corrected chi connectivity index (χ3v) is 5.60. The Morgan fingerprint density at radius 3 is 2.52 bits per heavy atom. The van der Waals surface area contributed by atoms with Gasteiger partial charge in [-0.25, -0.2) is 0 Å². The number of methoxy groups -OCH3 is 2. The number of nitrogens with one attached hydrogen (secondary N) is 1. The zero-order valence-electron chi connectivity index (χ0n) is 18.4. The summed E-state index contributed by atoms with van der Waals surface area (Å²) in [7, 11) is 3.01.